The maximum absolute atomic E-state index is 14.8. The van der Waals surface area contributed by atoms with E-state index in [0.29, 0.717) is 101 Å². The molecule has 2 aromatic heterocycles. The molecule has 4 aromatic carbocycles. The predicted octanol–water partition coefficient (Wildman–Crippen LogP) is 5.49. The van der Waals surface area contributed by atoms with Gasteiger partial charge in [0.15, 0.2) is 11.6 Å². The zero-order chi connectivity index (χ0) is 99.2. The molecule has 0 saturated carbocycles. The first-order valence-corrected chi connectivity index (χ1v) is 46.2. The van der Waals surface area contributed by atoms with E-state index in [2.05, 4.69) is 72.7 Å². The van der Waals surface area contributed by atoms with Crippen LogP contribution in [0.3, 0.4) is 0 Å². The number of esters is 2. The highest BCUT2D eigenvalue weighted by molar-refractivity contribution is 5.97. The number of ketones is 1. The molecule has 0 unspecified atom stereocenters. The van der Waals surface area contributed by atoms with Crippen molar-refractivity contribution in [3.05, 3.63) is 107 Å². The predicted molar refractivity (Wildman–Crippen MR) is 500 cm³/mol. The zero-order valence-corrected chi connectivity index (χ0v) is 80.4. The van der Waals surface area contributed by atoms with Crippen molar-refractivity contribution in [2.75, 3.05) is 112 Å². The van der Waals surface area contributed by atoms with E-state index in [1.165, 1.54) is 16.7 Å². The van der Waals surface area contributed by atoms with Gasteiger partial charge in [0, 0.05) is 167 Å². The van der Waals surface area contributed by atoms with Gasteiger partial charge in [0.25, 0.3) is 11.8 Å². The van der Waals surface area contributed by atoms with Crippen LogP contribution in [0.25, 0.3) is 34.2 Å². The number of amides is 10. The van der Waals surface area contributed by atoms with Crippen LogP contribution >= 0.6 is 0 Å². The molecular formula is C95H137N19O21. The number of piperazine rings is 2. The number of hydrogen-bond acceptors (Lipinski definition) is 28. The van der Waals surface area contributed by atoms with Gasteiger partial charge in [0.1, 0.15) is 70.8 Å². The number of Topliss-reactive ketones (excluding diaryl/α,β-unsaturated/α-hetero) is 1. The standard InChI is InChI=1S/C95H137N19O21/c1-16-97-91(130)85-107-105-83(67-50-65(58(3)4)73(116)52-75(67)118)113(85)62-22-18-60(19-23-62)55-109-39-43-111(44-40-109)79(122)31-28-69(87(126)100-38-35-80(123)112-45-41-110(42-46-112)56-61-20-24-63(25-21-61)114-84(106-108-86(114)92(131)98-17-2)68-51-66(59(5)6)74(117)53-76(68)119)101-77(120)34-37-99-88(127)70(29-32-81(124)134-94(10,11)12)103-90(129)72(27-26-64(115)54-93(7,8)9)104-89(128)71(30-33-82(125)135-95(13,14)15)102-78(121)57-133-49-48-132-47-36-96/h18-25,50-53,58-59,69-72,116-119H,16-17,26-49,54-57,96H2,1-15H3,(H,97,130)(H,98,131)(H,99,127)(H,100,126)(H,101,120)(H,102,121)(H,103,129)(H,104,128)/t69-,70-,71-,72-/m1/s1. The van der Waals surface area contributed by atoms with E-state index in [0.717, 1.165) is 11.1 Å². The normalized spacial score (nSPS) is 14.2. The van der Waals surface area contributed by atoms with Crippen molar-refractivity contribution in [2.45, 2.75) is 235 Å². The summed E-state index contributed by atoms with van der Waals surface area (Å²) in [6.45, 7) is 30.8. The molecule has 14 N–H and O–H groups in total. The number of carbonyl (C=O) groups is 13. The first-order valence-electron chi connectivity index (χ1n) is 46.2. The molecule has 2 saturated heterocycles. The summed E-state index contributed by atoms with van der Waals surface area (Å²) >= 11 is 0. The molecule has 0 spiro atoms. The second kappa shape index (κ2) is 50.7. The minimum atomic E-state index is -1.58. The van der Waals surface area contributed by atoms with Crippen LogP contribution in [-0.2, 0) is 84.8 Å². The second-order valence-corrected chi connectivity index (χ2v) is 37.4. The number of hydrogen-bond donors (Lipinski definition) is 13. The Kier molecular flexibility index (Phi) is 40.5. The summed E-state index contributed by atoms with van der Waals surface area (Å²) in [6.07, 6.45) is -2.98. The fourth-order valence-corrected chi connectivity index (χ4v) is 15.3. The minimum Gasteiger partial charge on any atom is -0.508 e. The molecule has 0 bridgehead atoms. The largest absolute Gasteiger partial charge is 0.508 e. The van der Waals surface area contributed by atoms with Gasteiger partial charge in [-0.25, -0.2) is 0 Å². The molecular weight excluding hydrogens is 1740 g/mol. The number of phenolic OH excluding ortho intramolecular Hbond substituents is 4. The molecule has 40 heteroatoms. The van der Waals surface area contributed by atoms with Gasteiger partial charge in [0.2, 0.25) is 58.9 Å². The number of benzene rings is 4. The van der Waals surface area contributed by atoms with Crippen molar-refractivity contribution in [3.63, 3.8) is 0 Å². The number of carbonyl (C=O) groups excluding carboxylic acids is 13. The Morgan fingerprint density at radius 1 is 0.430 bits per heavy atom. The lowest BCUT2D eigenvalue weighted by Gasteiger charge is -2.35. The van der Waals surface area contributed by atoms with Crippen LogP contribution in [0, 0.1) is 5.41 Å². The Labute approximate surface area is 787 Å². The van der Waals surface area contributed by atoms with Crippen molar-refractivity contribution in [2.24, 2.45) is 11.1 Å². The SMILES string of the molecule is CCNC(=O)c1nnc(-c2cc(C(C)C)c(O)cc2O)n1-c1ccc(CN2CCN(C(=O)CCNC(=O)[C@@H](CCC(=O)N3CCN(Cc4ccc(-n5c(C(=O)NCC)nnc5-c5cc(C(C)C)c(O)cc5O)cc4)CC3)NC(=O)CCNC(=O)[C@@H](CCC(=O)OC(C)(C)C)NC(=O)[C@@H](CCC(=O)CC(C)(C)C)NC(=O)[C@@H](CCC(=O)OC(C)(C)C)NC(=O)COCCOCCN)CC2)cc1. The van der Waals surface area contributed by atoms with E-state index >= 15 is 0 Å². The summed E-state index contributed by atoms with van der Waals surface area (Å²) in [5.74, 6) is -8.96. The average molecular weight is 1880 g/mol. The van der Waals surface area contributed by atoms with Gasteiger partial charge in [-0.05, 0) is 157 Å². The number of aromatic hydroxyl groups is 4. The Morgan fingerprint density at radius 3 is 1.23 bits per heavy atom. The fourth-order valence-electron chi connectivity index (χ4n) is 15.3. The van der Waals surface area contributed by atoms with E-state index in [9.17, 15) is 82.8 Å². The Bertz CT molecular complexity index is 5080. The van der Waals surface area contributed by atoms with Crippen LogP contribution in [0.4, 0.5) is 0 Å². The molecule has 6 aromatic rings. The van der Waals surface area contributed by atoms with Gasteiger partial charge in [0.05, 0.1) is 30.9 Å². The third-order valence-corrected chi connectivity index (χ3v) is 22.0. The van der Waals surface area contributed by atoms with E-state index in [1.807, 2.05) is 84.9 Å². The third kappa shape index (κ3) is 33.8. The van der Waals surface area contributed by atoms with E-state index < -0.39 is 126 Å². The van der Waals surface area contributed by atoms with E-state index in [4.69, 9.17) is 24.7 Å². The van der Waals surface area contributed by atoms with Crippen LogP contribution in [0.2, 0.25) is 0 Å². The van der Waals surface area contributed by atoms with E-state index in [1.54, 1.807) is 94.0 Å². The Balaban J connectivity index is 0.949. The Morgan fingerprint density at radius 2 is 0.815 bits per heavy atom. The van der Waals surface area contributed by atoms with Gasteiger partial charge < -0.3 is 97.4 Å². The topological polar surface area (TPSA) is 536 Å². The van der Waals surface area contributed by atoms with Gasteiger partial charge >= 0.3 is 11.9 Å². The van der Waals surface area contributed by atoms with Crippen molar-refractivity contribution < 1.29 is 102 Å². The maximum atomic E-state index is 14.8. The third-order valence-electron chi connectivity index (χ3n) is 22.0. The van der Waals surface area contributed by atoms with Crippen LogP contribution < -0.4 is 48.3 Å². The van der Waals surface area contributed by atoms with Crippen LogP contribution in [0.1, 0.15) is 230 Å². The van der Waals surface area contributed by atoms with Gasteiger partial charge in [-0.2, -0.15) is 0 Å². The summed E-state index contributed by atoms with van der Waals surface area (Å²) in [7, 11) is 0. The van der Waals surface area contributed by atoms with Gasteiger partial charge in [-0.3, -0.25) is 81.3 Å². The molecule has 2 fully saturated rings. The van der Waals surface area contributed by atoms with Gasteiger partial charge in [-0.1, -0.05) is 72.7 Å². The number of nitrogens with two attached hydrogens (primary N) is 1. The first-order chi connectivity index (χ1) is 63.8. The average Bonchev–Trinajstić information content (AvgIpc) is 1.63. The molecule has 40 nitrogen and oxygen atoms in total. The summed E-state index contributed by atoms with van der Waals surface area (Å²) in [4.78, 5) is 188. The summed E-state index contributed by atoms with van der Waals surface area (Å²) in [6, 6.07) is 14.5. The smallest absolute Gasteiger partial charge is 0.306 e. The van der Waals surface area contributed by atoms with Crippen molar-refractivity contribution >= 4 is 76.8 Å². The molecule has 10 amide bonds. The molecule has 4 heterocycles. The highest BCUT2D eigenvalue weighted by Gasteiger charge is 2.36. The van der Waals surface area contributed by atoms with E-state index in [-0.39, 0.29) is 178 Å². The van der Waals surface area contributed by atoms with Crippen molar-refractivity contribution in [1.82, 2.24) is 91.7 Å². The molecule has 4 atom stereocenters. The molecule has 0 radical (unpaired) electrons. The minimum absolute atomic E-state index is 0.00391. The number of phenols is 4. The molecule has 135 heavy (non-hydrogen) atoms. The summed E-state index contributed by atoms with van der Waals surface area (Å²) in [5.41, 5.74) is 7.64. The summed E-state index contributed by atoms with van der Waals surface area (Å²) in [5, 5.41) is 82.0. The van der Waals surface area contributed by atoms with Crippen LogP contribution in [0.5, 0.6) is 23.0 Å². The summed E-state index contributed by atoms with van der Waals surface area (Å²) < 4.78 is 24.8. The zero-order valence-electron chi connectivity index (χ0n) is 80.4. The molecule has 2 aliphatic heterocycles. The Hall–Kier alpha value is -12.5. The maximum Gasteiger partial charge on any atom is 0.306 e. The van der Waals surface area contributed by atoms with Gasteiger partial charge in [-0.15, -0.1) is 20.4 Å². The lowest BCUT2D eigenvalue weighted by molar-refractivity contribution is -0.156. The number of rotatable bonds is 48. The molecule has 2 aliphatic rings. The number of nitrogens with one attached hydrogen (secondary N) is 8. The highest BCUT2D eigenvalue weighted by Crippen LogP contribution is 2.41. The fraction of sp³-hybridized carbons (Fsp3) is 0.568. The quantitative estimate of drug-likeness (QED) is 0.0166. The van der Waals surface area contributed by atoms with Crippen LogP contribution in [0.15, 0.2) is 72.8 Å². The molecule has 8 rings (SSSR count). The second-order valence-electron chi connectivity index (χ2n) is 37.4. The molecule has 738 valence electrons. The first kappa shape index (κ1) is 108. The van der Waals surface area contributed by atoms with Crippen molar-refractivity contribution in [1.29, 1.82) is 0 Å². The number of nitrogens with zero attached hydrogens (tertiary/aromatic N) is 10. The highest BCUT2D eigenvalue weighted by atomic mass is 16.6. The molecule has 0 aliphatic carbocycles. The van der Waals surface area contributed by atoms with Crippen LogP contribution in [-0.4, -0.2) is 293 Å². The lowest BCUT2D eigenvalue weighted by Crippen LogP contribution is -2.57. The number of aromatic nitrogens is 6. The lowest BCUT2D eigenvalue weighted by atomic mass is 9.88. The monoisotopic (exact) mass is 1880 g/mol. The van der Waals surface area contributed by atoms with Crippen molar-refractivity contribution in [3.8, 4) is 57.1 Å². The number of ether oxygens (including phenoxy) is 4.